The third-order valence-electron chi connectivity index (χ3n) is 5.66. The molecular formula is C19H22N8O3S. The highest BCUT2D eigenvalue weighted by atomic mass is 32.2. The molecule has 31 heavy (non-hydrogen) atoms. The highest BCUT2D eigenvalue weighted by Crippen LogP contribution is 2.25. The second-order valence-electron chi connectivity index (χ2n) is 7.75. The van der Waals surface area contributed by atoms with Crippen LogP contribution in [0.4, 0.5) is 0 Å². The first-order valence-electron chi connectivity index (χ1n) is 10.1. The highest BCUT2D eigenvalue weighted by Gasteiger charge is 2.34. The summed E-state index contributed by atoms with van der Waals surface area (Å²) in [6.45, 7) is 2.60. The summed E-state index contributed by atoms with van der Waals surface area (Å²) in [5.41, 5.74) is 1.22. The lowest BCUT2D eigenvalue weighted by Gasteiger charge is -2.38. The normalized spacial score (nSPS) is 17.7. The first kappa shape index (κ1) is 19.8. The van der Waals surface area contributed by atoms with Crippen LogP contribution >= 0.6 is 0 Å². The second kappa shape index (κ2) is 7.85. The number of hydrogen-bond donors (Lipinski definition) is 0. The van der Waals surface area contributed by atoms with E-state index in [0.717, 1.165) is 18.5 Å². The van der Waals surface area contributed by atoms with Crippen LogP contribution in [-0.4, -0.2) is 79.7 Å². The number of hydrogen-bond acceptors (Lipinski definition) is 7. The Morgan fingerprint density at radius 1 is 1.03 bits per heavy atom. The third kappa shape index (κ3) is 3.83. The molecule has 5 rings (SSSR count). The molecular weight excluding hydrogens is 420 g/mol. The maximum absolute atomic E-state index is 12.7. The smallest absolute Gasteiger partial charge is 0.254 e. The molecule has 12 heteroatoms. The van der Waals surface area contributed by atoms with E-state index in [2.05, 4.69) is 20.5 Å². The van der Waals surface area contributed by atoms with Crippen LogP contribution in [0.1, 0.15) is 34.9 Å². The van der Waals surface area contributed by atoms with Gasteiger partial charge in [-0.2, -0.15) is 19.3 Å². The molecule has 0 bridgehead atoms. The standard InChI is InChI=1S/C19H22N8O3S/c28-19(15-3-5-18(6-4-15)31(29,30)25-9-1-2-10-25)24-13-17(14-24)26-11-16(22-23-26)12-27-20-7-8-21-27/h3-8,11,17H,1-2,9-10,12-14H2. The van der Waals surface area contributed by atoms with E-state index in [1.807, 2.05) is 6.20 Å². The molecule has 0 unspecified atom stereocenters. The van der Waals surface area contributed by atoms with Gasteiger partial charge in [-0.15, -0.1) is 5.10 Å². The largest absolute Gasteiger partial charge is 0.334 e. The van der Waals surface area contributed by atoms with Crippen LogP contribution in [0.15, 0.2) is 47.8 Å². The van der Waals surface area contributed by atoms with E-state index in [9.17, 15) is 13.2 Å². The number of likely N-dealkylation sites (tertiary alicyclic amines) is 1. The third-order valence-corrected chi connectivity index (χ3v) is 7.57. The first-order chi connectivity index (χ1) is 15.0. The fraction of sp³-hybridized carbons (Fsp3) is 0.421. The zero-order valence-electron chi connectivity index (χ0n) is 16.8. The molecule has 2 aliphatic heterocycles. The van der Waals surface area contributed by atoms with E-state index in [1.165, 1.54) is 21.2 Å². The Morgan fingerprint density at radius 2 is 1.71 bits per heavy atom. The van der Waals surface area contributed by atoms with Crippen LogP contribution in [0.5, 0.6) is 0 Å². The van der Waals surface area contributed by atoms with Crippen LogP contribution < -0.4 is 0 Å². The number of carbonyl (C=O) groups is 1. The Hall–Kier alpha value is -3.12. The molecule has 0 atom stereocenters. The Labute approximate surface area is 179 Å². The molecule has 2 aliphatic rings. The SMILES string of the molecule is O=C(c1ccc(S(=O)(=O)N2CCCC2)cc1)N1CC(n2cc(Cn3nccn3)nn2)C1. The number of sulfonamides is 1. The van der Waals surface area contributed by atoms with Gasteiger partial charge in [-0.05, 0) is 37.1 Å². The molecule has 1 aromatic carbocycles. The summed E-state index contributed by atoms with van der Waals surface area (Å²) in [6, 6.07) is 6.27. The van der Waals surface area contributed by atoms with Crippen molar-refractivity contribution in [2.24, 2.45) is 0 Å². The van der Waals surface area contributed by atoms with Crippen LogP contribution in [0.2, 0.25) is 0 Å². The van der Waals surface area contributed by atoms with Crippen molar-refractivity contribution < 1.29 is 13.2 Å². The Balaban J connectivity index is 1.19. The van der Waals surface area contributed by atoms with Gasteiger partial charge in [0, 0.05) is 31.7 Å². The molecule has 0 aliphatic carbocycles. The highest BCUT2D eigenvalue weighted by molar-refractivity contribution is 7.89. The maximum atomic E-state index is 12.7. The van der Waals surface area contributed by atoms with Gasteiger partial charge in [0.2, 0.25) is 10.0 Å². The zero-order valence-corrected chi connectivity index (χ0v) is 17.6. The van der Waals surface area contributed by atoms with Crippen molar-refractivity contribution >= 4 is 15.9 Å². The molecule has 162 valence electrons. The molecule has 0 spiro atoms. The molecule has 0 saturated carbocycles. The van der Waals surface area contributed by atoms with E-state index < -0.39 is 10.0 Å². The monoisotopic (exact) mass is 442 g/mol. The fourth-order valence-corrected chi connectivity index (χ4v) is 5.37. The number of nitrogens with zero attached hydrogens (tertiary/aromatic N) is 8. The van der Waals surface area contributed by atoms with Crippen molar-refractivity contribution in [2.45, 2.75) is 30.3 Å². The second-order valence-corrected chi connectivity index (χ2v) is 9.69. The van der Waals surface area contributed by atoms with Crippen LogP contribution in [0, 0.1) is 0 Å². The average Bonchev–Trinajstić information content (AvgIpc) is 3.51. The minimum absolute atomic E-state index is 0.0607. The van der Waals surface area contributed by atoms with Crippen molar-refractivity contribution in [1.29, 1.82) is 0 Å². The summed E-state index contributed by atoms with van der Waals surface area (Å²) in [5.74, 6) is -0.123. The van der Waals surface area contributed by atoms with Crippen molar-refractivity contribution in [3.63, 3.8) is 0 Å². The number of aromatic nitrogens is 6. The van der Waals surface area contributed by atoms with Gasteiger partial charge in [0.15, 0.2) is 0 Å². The quantitative estimate of drug-likeness (QED) is 0.542. The maximum Gasteiger partial charge on any atom is 0.254 e. The van der Waals surface area contributed by atoms with E-state index in [1.54, 1.807) is 34.1 Å². The van der Waals surface area contributed by atoms with Crippen molar-refractivity contribution in [3.8, 4) is 0 Å². The van der Waals surface area contributed by atoms with E-state index in [-0.39, 0.29) is 16.8 Å². The van der Waals surface area contributed by atoms with Crippen LogP contribution in [0.3, 0.4) is 0 Å². The Morgan fingerprint density at radius 3 is 2.39 bits per heavy atom. The van der Waals surface area contributed by atoms with Gasteiger partial charge in [0.25, 0.3) is 5.91 Å². The predicted molar refractivity (Wildman–Crippen MR) is 109 cm³/mol. The molecule has 0 N–H and O–H groups in total. The fourth-order valence-electron chi connectivity index (χ4n) is 3.85. The van der Waals surface area contributed by atoms with Crippen molar-refractivity contribution in [3.05, 3.63) is 54.1 Å². The lowest BCUT2D eigenvalue weighted by Crippen LogP contribution is -2.50. The molecule has 11 nitrogen and oxygen atoms in total. The van der Waals surface area contributed by atoms with Crippen LogP contribution in [0.25, 0.3) is 0 Å². The van der Waals surface area contributed by atoms with E-state index in [4.69, 9.17) is 0 Å². The predicted octanol–water partition coefficient (Wildman–Crippen LogP) is 0.399. The summed E-state index contributed by atoms with van der Waals surface area (Å²) in [6.07, 6.45) is 6.83. The average molecular weight is 443 g/mol. The summed E-state index contributed by atoms with van der Waals surface area (Å²) < 4.78 is 28.5. The van der Waals surface area contributed by atoms with Gasteiger partial charge < -0.3 is 4.90 Å². The van der Waals surface area contributed by atoms with Gasteiger partial charge in [0.1, 0.15) is 12.2 Å². The molecule has 3 aromatic rings. The van der Waals surface area contributed by atoms with Gasteiger partial charge in [-0.3, -0.25) is 4.79 Å². The lowest BCUT2D eigenvalue weighted by atomic mass is 10.1. The van der Waals surface area contributed by atoms with Crippen molar-refractivity contribution in [1.82, 2.24) is 39.2 Å². The lowest BCUT2D eigenvalue weighted by molar-refractivity contribution is 0.0498. The number of rotatable bonds is 6. The minimum atomic E-state index is -3.48. The Bertz CT molecular complexity index is 1160. The summed E-state index contributed by atoms with van der Waals surface area (Å²) in [4.78, 5) is 16.2. The van der Waals surface area contributed by atoms with Gasteiger partial charge >= 0.3 is 0 Å². The Kier molecular flexibility index (Phi) is 5.02. The molecule has 0 radical (unpaired) electrons. The molecule has 1 amide bonds. The number of benzene rings is 1. The molecule has 2 fully saturated rings. The first-order valence-corrected chi connectivity index (χ1v) is 11.6. The van der Waals surface area contributed by atoms with E-state index >= 15 is 0 Å². The van der Waals surface area contributed by atoms with Gasteiger partial charge in [-0.1, -0.05) is 5.21 Å². The summed E-state index contributed by atoms with van der Waals surface area (Å²) >= 11 is 0. The van der Waals surface area contributed by atoms with Crippen molar-refractivity contribution in [2.75, 3.05) is 26.2 Å². The molecule has 4 heterocycles. The van der Waals surface area contributed by atoms with Gasteiger partial charge in [-0.25, -0.2) is 13.1 Å². The summed E-state index contributed by atoms with van der Waals surface area (Å²) in [7, 11) is -3.48. The topological polar surface area (TPSA) is 119 Å². The molecule has 2 aromatic heterocycles. The minimum Gasteiger partial charge on any atom is -0.334 e. The van der Waals surface area contributed by atoms with Crippen LogP contribution in [-0.2, 0) is 16.6 Å². The number of amides is 1. The zero-order chi connectivity index (χ0) is 21.4. The number of carbonyl (C=O) groups excluding carboxylic acids is 1. The van der Waals surface area contributed by atoms with E-state index in [0.29, 0.717) is 38.3 Å². The van der Waals surface area contributed by atoms with Gasteiger partial charge in [0.05, 0.1) is 29.5 Å². The summed E-state index contributed by atoms with van der Waals surface area (Å²) in [5, 5.41) is 16.4. The molecule has 2 saturated heterocycles.